The van der Waals surface area contributed by atoms with Crippen LogP contribution in [0.3, 0.4) is 0 Å². The number of hydrogen-bond acceptors (Lipinski definition) is 4. The average molecular weight is 243 g/mol. The number of amides is 1. The second kappa shape index (κ2) is 5.46. The van der Waals surface area contributed by atoms with E-state index in [0.717, 1.165) is 6.42 Å². The molecule has 2 atom stereocenters. The Balaban J connectivity index is 1.91. The molecule has 0 spiro atoms. The highest BCUT2D eigenvalue weighted by molar-refractivity contribution is 5.82. The van der Waals surface area contributed by atoms with Crippen molar-refractivity contribution in [3.05, 3.63) is 0 Å². The van der Waals surface area contributed by atoms with Crippen molar-refractivity contribution in [3.63, 3.8) is 0 Å². The van der Waals surface area contributed by atoms with Gasteiger partial charge in [0.25, 0.3) is 5.91 Å². The zero-order chi connectivity index (χ0) is 12.3. The van der Waals surface area contributed by atoms with Crippen LogP contribution in [0.1, 0.15) is 12.8 Å². The first-order valence-corrected chi connectivity index (χ1v) is 5.89. The number of rotatable bonds is 2. The number of carboxylic acids is 1. The average Bonchev–Trinajstić information content (AvgIpc) is 2.39. The van der Waals surface area contributed by atoms with Gasteiger partial charge in [-0.25, -0.2) is 0 Å². The minimum Gasteiger partial charge on any atom is -0.481 e. The number of nitrogens with zero attached hydrogens (tertiary/aromatic N) is 1. The van der Waals surface area contributed by atoms with E-state index in [1.54, 1.807) is 4.90 Å². The largest absolute Gasteiger partial charge is 0.481 e. The van der Waals surface area contributed by atoms with E-state index in [0.29, 0.717) is 26.2 Å². The van der Waals surface area contributed by atoms with Crippen molar-refractivity contribution in [2.45, 2.75) is 18.9 Å². The molecule has 2 rings (SSSR count). The predicted octanol–water partition coefficient (Wildman–Crippen LogP) is -0.275. The fraction of sp³-hybridized carbons (Fsp3) is 0.818. The summed E-state index contributed by atoms with van der Waals surface area (Å²) in [5.74, 6) is -1.42. The lowest BCUT2D eigenvalue weighted by atomic mass is 9.98. The number of carbonyl (C=O) groups is 2. The maximum atomic E-state index is 12.0. The Morgan fingerprint density at radius 3 is 2.76 bits per heavy atom. The van der Waals surface area contributed by atoms with E-state index in [2.05, 4.69) is 0 Å². The highest BCUT2D eigenvalue weighted by atomic mass is 16.6. The standard InChI is InChI=1S/C11H17NO5/c13-10(9-7-16-4-5-17-9)12-3-1-2-8(6-12)11(14)15/h8-9H,1-7H2,(H,14,15)/t8-,9+/m0/s1. The molecule has 17 heavy (non-hydrogen) atoms. The summed E-state index contributed by atoms with van der Waals surface area (Å²) >= 11 is 0. The van der Waals surface area contributed by atoms with E-state index in [1.807, 2.05) is 0 Å². The second-order valence-corrected chi connectivity index (χ2v) is 4.40. The van der Waals surface area contributed by atoms with Crippen molar-refractivity contribution in [1.82, 2.24) is 4.90 Å². The molecule has 0 aromatic rings. The van der Waals surface area contributed by atoms with Gasteiger partial charge in [0.15, 0.2) is 6.10 Å². The van der Waals surface area contributed by atoms with Gasteiger partial charge >= 0.3 is 5.97 Å². The lowest BCUT2D eigenvalue weighted by Gasteiger charge is -2.34. The van der Waals surface area contributed by atoms with Crippen molar-refractivity contribution in [2.24, 2.45) is 5.92 Å². The van der Waals surface area contributed by atoms with Crippen LogP contribution in [-0.4, -0.2) is 60.9 Å². The molecule has 2 aliphatic heterocycles. The summed E-state index contributed by atoms with van der Waals surface area (Å²) in [4.78, 5) is 24.5. The third-order valence-corrected chi connectivity index (χ3v) is 3.17. The number of aliphatic carboxylic acids is 1. The smallest absolute Gasteiger partial charge is 0.308 e. The van der Waals surface area contributed by atoms with E-state index in [9.17, 15) is 9.59 Å². The molecular weight excluding hydrogens is 226 g/mol. The first kappa shape index (κ1) is 12.3. The van der Waals surface area contributed by atoms with Gasteiger partial charge in [-0.15, -0.1) is 0 Å². The van der Waals surface area contributed by atoms with Crippen LogP contribution in [0.4, 0.5) is 0 Å². The third-order valence-electron chi connectivity index (χ3n) is 3.17. The van der Waals surface area contributed by atoms with Crippen LogP contribution in [0, 0.1) is 5.92 Å². The quantitative estimate of drug-likeness (QED) is 0.722. The monoisotopic (exact) mass is 243 g/mol. The van der Waals surface area contributed by atoms with Gasteiger partial charge in [-0.2, -0.15) is 0 Å². The van der Waals surface area contributed by atoms with Gasteiger partial charge in [0.05, 0.1) is 25.7 Å². The summed E-state index contributed by atoms with van der Waals surface area (Å²) in [7, 11) is 0. The fourth-order valence-electron chi connectivity index (χ4n) is 2.21. The minimum absolute atomic E-state index is 0.143. The van der Waals surface area contributed by atoms with Gasteiger partial charge in [0, 0.05) is 13.1 Å². The molecular formula is C11H17NO5. The molecule has 0 saturated carbocycles. The van der Waals surface area contributed by atoms with E-state index in [-0.39, 0.29) is 19.1 Å². The fourth-order valence-corrected chi connectivity index (χ4v) is 2.21. The highest BCUT2D eigenvalue weighted by Gasteiger charge is 2.33. The summed E-state index contributed by atoms with van der Waals surface area (Å²) in [6.45, 7) is 2.11. The highest BCUT2D eigenvalue weighted by Crippen LogP contribution is 2.18. The van der Waals surface area contributed by atoms with Gasteiger partial charge in [-0.3, -0.25) is 9.59 Å². The Bertz CT molecular complexity index is 300. The SMILES string of the molecule is O=C(O)[C@H]1CCCN(C(=O)[C@H]2COCCO2)C1. The summed E-state index contributed by atoms with van der Waals surface area (Å²) < 4.78 is 10.5. The second-order valence-electron chi connectivity index (χ2n) is 4.40. The Kier molecular flexibility index (Phi) is 3.96. The van der Waals surface area contributed by atoms with Crippen LogP contribution in [0.2, 0.25) is 0 Å². The Morgan fingerprint density at radius 1 is 1.29 bits per heavy atom. The number of carboxylic acid groups (broad SMARTS) is 1. The molecule has 2 heterocycles. The molecule has 2 saturated heterocycles. The lowest BCUT2D eigenvalue weighted by Crippen LogP contribution is -2.49. The van der Waals surface area contributed by atoms with Crippen LogP contribution in [-0.2, 0) is 19.1 Å². The topological polar surface area (TPSA) is 76.1 Å². The lowest BCUT2D eigenvalue weighted by molar-refractivity contribution is -0.161. The molecule has 1 N–H and O–H groups in total. The van der Waals surface area contributed by atoms with E-state index in [4.69, 9.17) is 14.6 Å². The number of carbonyl (C=O) groups excluding carboxylic acids is 1. The maximum Gasteiger partial charge on any atom is 0.308 e. The van der Waals surface area contributed by atoms with Crippen LogP contribution in [0.15, 0.2) is 0 Å². The van der Waals surface area contributed by atoms with E-state index in [1.165, 1.54) is 0 Å². The molecule has 1 amide bonds. The third kappa shape index (κ3) is 2.95. The van der Waals surface area contributed by atoms with Crippen LogP contribution in [0.5, 0.6) is 0 Å². The predicted molar refractivity (Wildman–Crippen MR) is 57.5 cm³/mol. The van der Waals surface area contributed by atoms with Crippen molar-refractivity contribution in [1.29, 1.82) is 0 Å². The molecule has 0 aliphatic carbocycles. The number of likely N-dealkylation sites (tertiary alicyclic amines) is 1. The minimum atomic E-state index is -0.830. The maximum absolute atomic E-state index is 12.0. The molecule has 2 aliphatic rings. The van der Waals surface area contributed by atoms with Crippen molar-refractivity contribution < 1.29 is 24.2 Å². The number of piperidine rings is 1. The summed E-state index contributed by atoms with van der Waals surface area (Å²) in [5.41, 5.74) is 0. The molecule has 0 radical (unpaired) electrons. The van der Waals surface area contributed by atoms with E-state index >= 15 is 0 Å². The molecule has 0 aromatic heterocycles. The van der Waals surface area contributed by atoms with Crippen LogP contribution < -0.4 is 0 Å². The normalized spacial score (nSPS) is 30.0. The Morgan fingerprint density at radius 2 is 2.12 bits per heavy atom. The molecule has 0 bridgehead atoms. The first-order valence-electron chi connectivity index (χ1n) is 5.89. The van der Waals surface area contributed by atoms with E-state index < -0.39 is 18.0 Å². The van der Waals surface area contributed by atoms with Crippen LogP contribution in [0.25, 0.3) is 0 Å². The molecule has 6 nitrogen and oxygen atoms in total. The number of ether oxygens (including phenoxy) is 2. The van der Waals surface area contributed by atoms with Gasteiger partial charge in [-0.1, -0.05) is 0 Å². The molecule has 6 heteroatoms. The molecule has 0 aromatic carbocycles. The zero-order valence-corrected chi connectivity index (χ0v) is 9.63. The Hall–Kier alpha value is -1.14. The zero-order valence-electron chi connectivity index (χ0n) is 9.63. The van der Waals surface area contributed by atoms with Crippen molar-refractivity contribution in [3.8, 4) is 0 Å². The molecule has 2 fully saturated rings. The summed E-state index contributed by atoms with van der Waals surface area (Å²) in [5, 5.41) is 8.95. The van der Waals surface area contributed by atoms with Gasteiger partial charge in [-0.05, 0) is 12.8 Å². The van der Waals surface area contributed by atoms with Gasteiger partial charge in [0.1, 0.15) is 0 Å². The van der Waals surface area contributed by atoms with Gasteiger partial charge < -0.3 is 19.5 Å². The van der Waals surface area contributed by atoms with Crippen LogP contribution >= 0.6 is 0 Å². The number of hydrogen-bond donors (Lipinski definition) is 1. The summed E-state index contributed by atoms with van der Waals surface area (Å²) in [6.07, 6.45) is 0.813. The molecule has 0 unspecified atom stereocenters. The first-order chi connectivity index (χ1) is 8.18. The van der Waals surface area contributed by atoms with Crippen molar-refractivity contribution in [2.75, 3.05) is 32.9 Å². The summed E-state index contributed by atoms with van der Waals surface area (Å²) in [6, 6.07) is 0. The van der Waals surface area contributed by atoms with Crippen molar-refractivity contribution >= 4 is 11.9 Å². The molecule has 96 valence electrons. The van der Waals surface area contributed by atoms with Gasteiger partial charge in [0.2, 0.25) is 0 Å². The Labute approximate surface area is 99.5 Å².